The number of hydrogen-bond acceptors (Lipinski definition) is 3. The highest BCUT2D eigenvalue weighted by molar-refractivity contribution is 5.76. The molecule has 0 aliphatic carbocycles. The number of benzene rings is 1. The van der Waals surface area contributed by atoms with Crippen LogP contribution in [-0.2, 0) is 23.9 Å². The van der Waals surface area contributed by atoms with Crippen molar-refractivity contribution in [2.45, 2.75) is 25.2 Å². The van der Waals surface area contributed by atoms with Crippen LogP contribution in [0.1, 0.15) is 11.1 Å². The van der Waals surface area contributed by atoms with E-state index in [9.17, 15) is 22.8 Å². The fraction of sp³-hybridized carbons (Fsp3) is 0.294. The molecule has 132 valence electrons. The fourth-order valence-electron chi connectivity index (χ4n) is 2.73. The number of pyridine rings is 1. The van der Waals surface area contributed by atoms with Gasteiger partial charge < -0.3 is 14.6 Å². The summed E-state index contributed by atoms with van der Waals surface area (Å²) in [5, 5.41) is 2.69. The molecule has 1 atom stereocenters. The molecule has 1 N–H and O–H groups in total. The number of hydrogen-bond donors (Lipinski definition) is 1. The third-order valence-electron chi connectivity index (χ3n) is 3.88. The van der Waals surface area contributed by atoms with E-state index in [2.05, 4.69) is 5.32 Å². The Morgan fingerprint density at radius 3 is 2.76 bits per heavy atom. The van der Waals surface area contributed by atoms with Gasteiger partial charge in [-0.25, -0.2) is 0 Å². The maximum Gasteiger partial charge on any atom is 0.421 e. The van der Waals surface area contributed by atoms with Crippen LogP contribution in [0.4, 0.5) is 13.2 Å². The third-order valence-corrected chi connectivity index (χ3v) is 3.88. The van der Waals surface area contributed by atoms with Gasteiger partial charge in [0, 0.05) is 6.20 Å². The molecular weight excluding hydrogens is 337 g/mol. The Morgan fingerprint density at radius 2 is 2.00 bits per heavy atom. The van der Waals surface area contributed by atoms with Crippen LogP contribution in [0.5, 0.6) is 5.75 Å². The van der Waals surface area contributed by atoms with Crippen molar-refractivity contribution in [3.63, 3.8) is 0 Å². The van der Waals surface area contributed by atoms with Crippen molar-refractivity contribution in [1.29, 1.82) is 0 Å². The molecule has 1 aliphatic rings. The van der Waals surface area contributed by atoms with Gasteiger partial charge in [-0.3, -0.25) is 9.59 Å². The summed E-state index contributed by atoms with van der Waals surface area (Å²) in [4.78, 5) is 23.9. The molecular formula is C17H15F3N2O3. The van der Waals surface area contributed by atoms with Crippen LogP contribution in [0, 0.1) is 0 Å². The minimum atomic E-state index is -4.75. The van der Waals surface area contributed by atoms with E-state index in [-0.39, 0.29) is 12.6 Å². The van der Waals surface area contributed by atoms with Gasteiger partial charge >= 0.3 is 6.18 Å². The number of fused-ring (bicyclic) bond motifs is 1. The van der Waals surface area contributed by atoms with Gasteiger partial charge in [0.25, 0.3) is 5.56 Å². The molecule has 0 fully saturated rings. The molecule has 1 aromatic carbocycles. The van der Waals surface area contributed by atoms with E-state index in [1.165, 1.54) is 0 Å². The van der Waals surface area contributed by atoms with Crippen LogP contribution in [0.25, 0.3) is 0 Å². The van der Waals surface area contributed by atoms with Gasteiger partial charge in [-0.1, -0.05) is 18.2 Å². The first-order valence-corrected chi connectivity index (χ1v) is 7.61. The van der Waals surface area contributed by atoms with E-state index in [0.29, 0.717) is 12.5 Å². The lowest BCUT2D eigenvalue weighted by molar-refractivity contribution is -0.139. The van der Waals surface area contributed by atoms with E-state index >= 15 is 0 Å². The second-order valence-electron chi connectivity index (χ2n) is 5.74. The lowest BCUT2D eigenvalue weighted by Gasteiger charge is -2.26. The highest BCUT2D eigenvalue weighted by atomic mass is 19.4. The number of nitrogens with zero attached hydrogens (tertiary/aromatic N) is 1. The number of rotatable bonds is 3. The van der Waals surface area contributed by atoms with Gasteiger partial charge in [0.15, 0.2) is 0 Å². The van der Waals surface area contributed by atoms with Crippen LogP contribution in [0.2, 0.25) is 0 Å². The molecule has 0 bridgehead atoms. The van der Waals surface area contributed by atoms with E-state index in [4.69, 9.17) is 4.74 Å². The van der Waals surface area contributed by atoms with Crippen molar-refractivity contribution < 1.29 is 22.7 Å². The van der Waals surface area contributed by atoms with Gasteiger partial charge in [-0.15, -0.1) is 0 Å². The topological polar surface area (TPSA) is 60.3 Å². The zero-order valence-electron chi connectivity index (χ0n) is 13.0. The number of alkyl halides is 3. The monoisotopic (exact) mass is 352 g/mol. The fourth-order valence-corrected chi connectivity index (χ4v) is 2.73. The minimum Gasteiger partial charge on any atom is -0.491 e. The van der Waals surface area contributed by atoms with Crippen LogP contribution < -0.4 is 15.6 Å². The first kappa shape index (κ1) is 17.1. The molecule has 2 heterocycles. The lowest BCUT2D eigenvalue weighted by atomic mass is 10.0. The Kier molecular flexibility index (Phi) is 4.52. The standard InChI is InChI=1S/C17H15F3N2O3/c18-17(19,20)13-5-3-7-22(16(13)24)9-15(23)21-12-8-11-4-1-2-6-14(11)25-10-12/h1-7,12H,8-10H2,(H,21,23). The second-order valence-corrected chi connectivity index (χ2v) is 5.74. The van der Waals surface area contributed by atoms with Crippen molar-refractivity contribution in [2.24, 2.45) is 0 Å². The first-order valence-electron chi connectivity index (χ1n) is 7.61. The van der Waals surface area contributed by atoms with Gasteiger partial charge in [-0.2, -0.15) is 13.2 Å². The Labute approximate surface area is 141 Å². The Hall–Kier alpha value is -2.77. The molecule has 5 nitrogen and oxygen atoms in total. The number of amides is 1. The normalized spacial score (nSPS) is 16.7. The number of nitrogens with one attached hydrogen (secondary N) is 1. The number of carbonyl (C=O) groups excluding carboxylic acids is 1. The summed E-state index contributed by atoms with van der Waals surface area (Å²) < 4.78 is 44.5. The number of carbonyl (C=O) groups is 1. The average Bonchev–Trinajstić information content (AvgIpc) is 2.55. The molecule has 0 saturated carbocycles. The zero-order chi connectivity index (χ0) is 18.0. The number of halogens is 3. The van der Waals surface area contributed by atoms with E-state index in [0.717, 1.165) is 28.1 Å². The molecule has 1 aliphatic heterocycles. The van der Waals surface area contributed by atoms with E-state index in [1.54, 1.807) is 0 Å². The third kappa shape index (κ3) is 3.84. The Balaban J connectivity index is 1.67. The van der Waals surface area contributed by atoms with Crippen LogP contribution >= 0.6 is 0 Å². The number of para-hydroxylation sites is 1. The van der Waals surface area contributed by atoms with Crippen molar-refractivity contribution in [1.82, 2.24) is 9.88 Å². The second kappa shape index (κ2) is 6.62. The summed E-state index contributed by atoms with van der Waals surface area (Å²) >= 11 is 0. The predicted octanol–water partition coefficient (Wildman–Crippen LogP) is 1.99. The van der Waals surface area contributed by atoms with Gasteiger partial charge in [-0.05, 0) is 30.2 Å². The summed E-state index contributed by atoms with van der Waals surface area (Å²) in [7, 11) is 0. The highest BCUT2D eigenvalue weighted by Gasteiger charge is 2.34. The molecule has 3 rings (SSSR count). The Bertz CT molecular complexity index is 846. The number of ether oxygens (including phenoxy) is 1. The molecule has 1 amide bonds. The molecule has 1 unspecified atom stereocenters. The summed E-state index contributed by atoms with van der Waals surface area (Å²) in [5.41, 5.74) is -1.59. The van der Waals surface area contributed by atoms with Crippen LogP contribution in [0.15, 0.2) is 47.4 Å². The molecule has 0 spiro atoms. The highest BCUT2D eigenvalue weighted by Crippen LogP contribution is 2.26. The summed E-state index contributed by atoms with van der Waals surface area (Å²) in [5.74, 6) is 0.205. The largest absolute Gasteiger partial charge is 0.491 e. The van der Waals surface area contributed by atoms with Crippen molar-refractivity contribution in [3.8, 4) is 5.75 Å². The first-order chi connectivity index (χ1) is 11.8. The molecule has 1 aromatic heterocycles. The summed E-state index contributed by atoms with van der Waals surface area (Å²) in [6.07, 6.45) is -3.04. The molecule has 25 heavy (non-hydrogen) atoms. The van der Waals surface area contributed by atoms with Crippen LogP contribution in [-0.4, -0.2) is 23.1 Å². The maximum absolute atomic E-state index is 12.7. The lowest BCUT2D eigenvalue weighted by Crippen LogP contribution is -2.45. The van der Waals surface area contributed by atoms with Gasteiger partial charge in [0.1, 0.15) is 24.5 Å². The van der Waals surface area contributed by atoms with E-state index in [1.807, 2.05) is 24.3 Å². The predicted molar refractivity (Wildman–Crippen MR) is 83.3 cm³/mol. The quantitative estimate of drug-likeness (QED) is 0.919. The van der Waals surface area contributed by atoms with Crippen molar-refractivity contribution >= 4 is 5.91 Å². The zero-order valence-corrected chi connectivity index (χ0v) is 13.0. The average molecular weight is 352 g/mol. The maximum atomic E-state index is 12.7. The van der Waals surface area contributed by atoms with Crippen LogP contribution in [0.3, 0.4) is 0 Å². The Morgan fingerprint density at radius 1 is 1.24 bits per heavy atom. The van der Waals surface area contributed by atoms with Gasteiger partial charge in [0.05, 0.1) is 6.04 Å². The SMILES string of the molecule is O=C(Cn1cccc(C(F)(F)F)c1=O)NC1COc2ccccc2C1. The van der Waals surface area contributed by atoms with Crippen molar-refractivity contribution in [3.05, 3.63) is 64.1 Å². The van der Waals surface area contributed by atoms with E-state index < -0.39 is 29.8 Å². The van der Waals surface area contributed by atoms with Gasteiger partial charge in [0.2, 0.25) is 5.91 Å². The smallest absolute Gasteiger partial charge is 0.421 e. The summed E-state index contributed by atoms with van der Waals surface area (Å²) in [6, 6.07) is 8.90. The molecule has 0 radical (unpaired) electrons. The minimum absolute atomic E-state index is 0.264. The summed E-state index contributed by atoms with van der Waals surface area (Å²) in [6.45, 7) is -0.221. The molecule has 2 aromatic rings. The molecule has 8 heteroatoms. The number of aromatic nitrogens is 1. The molecule has 0 saturated heterocycles. The van der Waals surface area contributed by atoms with Crippen molar-refractivity contribution in [2.75, 3.05) is 6.61 Å².